The maximum absolute atomic E-state index is 12.5. The summed E-state index contributed by atoms with van der Waals surface area (Å²) < 4.78 is 5.51. The monoisotopic (exact) mass is 452 g/mol. The van der Waals surface area contributed by atoms with Gasteiger partial charge in [-0.25, -0.2) is 9.78 Å². The van der Waals surface area contributed by atoms with Crippen LogP contribution in [0.1, 0.15) is 58.2 Å². The number of benzene rings is 2. The third-order valence-corrected chi connectivity index (χ3v) is 5.97. The number of nitrogens with zero attached hydrogens (tertiary/aromatic N) is 2. The van der Waals surface area contributed by atoms with Crippen molar-refractivity contribution in [1.82, 2.24) is 9.88 Å². The first kappa shape index (κ1) is 23.8. The summed E-state index contributed by atoms with van der Waals surface area (Å²) in [4.78, 5) is 18.6. The molecule has 0 radical (unpaired) electrons. The maximum atomic E-state index is 12.5. The minimum absolute atomic E-state index is 0.231. The molecule has 2 aromatic carbocycles. The van der Waals surface area contributed by atoms with Gasteiger partial charge in [0.2, 0.25) is 0 Å². The number of rotatable bonds is 4. The molecule has 6 heteroatoms. The first-order valence-electron chi connectivity index (χ1n) is 10.7. The van der Waals surface area contributed by atoms with Crippen molar-refractivity contribution in [3.63, 3.8) is 0 Å². The Morgan fingerprint density at radius 3 is 2.12 bits per heavy atom. The maximum Gasteiger partial charge on any atom is 0.417 e. The average Bonchev–Trinajstić information content (AvgIpc) is 3.15. The van der Waals surface area contributed by atoms with E-state index in [0.29, 0.717) is 17.5 Å². The lowest BCUT2D eigenvalue weighted by Gasteiger charge is -2.28. The Morgan fingerprint density at radius 2 is 1.59 bits per heavy atom. The van der Waals surface area contributed by atoms with Crippen molar-refractivity contribution >= 4 is 17.4 Å². The molecular formula is C26H32N2O3S. The van der Waals surface area contributed by atoms with Crippen molar-refractivity contribution in [3.8, 4) is 22.2 Å². The molecule has 170 valence electrons. The third-order valence-electron chi connectivity index (χ3n) is 5.25. The van der Waals surface area contributed by atoms with Gasteiger partial charge in [-0.2, -0.15) is 0 Å². The standard InChI is InChI=1S/C26H32N2O3S/c1-25(2,3)19-13-18(14-20(22(19)29)26(4,5)6)21-16-32-23(27-21)31-24(30)28(7)15-17-11-9-8-10-12-17/h8-14,16,29H,15H2,1-7H3. The molecule has 0 atom stereocenters. The van der Waals surface area contributed by atoms with Gasteiger partial charge >= 0.3 is 6.09 Å². The van der Waals surface area contributed by atoms with Gasteiger partial charge in [0.05, 0.1) is 5.69 Å². The van der Waals surface area contributed by atoms with Crippen molar-refractivity contribution in [2.45, 2.75) is 58.9 Å². The van der Waals surface area contributed by atoms with Crippen LogP contribution in [0.2, 0.25) is 0 Å². The molecule has 1 amide bonds. The number of amides is 1. The fourth-order valence-electron chi connectivity index (χ4n) is 3.44. The minimum Gasteiger partial charge on any atom is -0.507 e. The summed E-state index contributed by atoms with van der Waals surface area (Å²) in [6.07, 6.45) is -0.453. The van der Waals surface area contributed by atoms with E-state index in [0.717, 1.165) is 27.9 Å². The van der Waals surface area contributed by atoms with E-state index < -0.39 is 6.09 Å². The van der Waals surface area contributed by atoms with Gasteiger partial charge in [-0.1, -0.05) is 83.2 Å². The lowest BCUT2D eigenvalue weighted by atomic mass is 9.78. The number of phenolic OH excluding ortho intramolecular Hbond substituents is 1. The fraction of sp³-hybridized carbons (Fsp3) is 0.385. The topological polar surface area (TPSA) is 62.7 Å². The van der Waals surface area contributed by atoms with Crippen molar-refractivity contribution < 1.29 is 14.6 Å². The smallest absolute Gasteiger partial charge is 0.417 e. The van der Waals surface area contributed by atoms with Gasteiger partial charge < -0.3 is 14.7 Å². The number of carbonyl (C=O) groups is 1. The zero-order valence-electron chi connectivity index (χ0n) is 19.9. The van der Waals surface area contributed by atoms with Crippen LogP contribution >= 0.6 is 11.3 Å². The second kappa shape index (κ2) is 8.94. The average molecular weight is 453 g/mol. The lowest BCUT2D eigenvalue weighted by Crippen LogP contribution is -2.29. The van der Waals surface area contributed by atoms with Crippen LogP contribution < -0.4 is 4.74 Å². The van der Waals surface area contributed by atoms with Gasteiger partial charge in [0.1, 0.15) is 5.75 Å². The van der Waals surface area contributed by atoms with Crippen molar-refractivity contribution in [2.24, 2.45) is 0 Å². The van der Waals surface area contributed by atoms with Crippen LogP contribution in [0.25, 0.3) is 11.3 Å². The number of aromatic hydroxyl groups is 1. The van der Waals surface area contributed by atoms with Crippen LogP contribution in [0.5, 0.6) is 10.9 Å². The molecule has 3 rings (SSSR count). The van der Waals surface area contributed by atoms with Gasteiger partial charge in [-0.3, -0.25) is 0 Å². The second-order valence-electron chi connectivity index (χ2n) is 10.1. The van der Waals surface area contributed by atoms with Crippen LogP contribution in [0, 0.1) is 0 Å². The highest BCUT2D eigenvalue weighted by Crippen LogP contribution is 2.42. The third kappa shape index (κ3) is 5.49. The van der Waals surface area contributed by atoms with E-state index in [1.165, 1.54) is 16.2 Å². The summed E-state index contributed by atoms with van der Waals surface area (Å²) in [6, 6.07) is 13.7. The molecule has 0 bridgehead atoms. The number of hydrogen-bond acceptors (Lipinski definition) is 5. The number of aromatic nitrogens is 1. The van der Waals surface area contributed by atoms with Gasteiger partial charge in [-0.15, -0.1) is 0 Å². The van der Waals surface area contributed by atoms with E-state index in [-0.39, 0.29) is 10.8 Å². The number of phenols is 1. The van der Waals surface area contributed by atoms with Crippen LogP contribution in [0.4, 0.5) is 4.79 Å². The van der Waals surface area contributed by atoms with Crippen LogP contribution in [-0.4, -0.2) is 28.1 Å². The summed E-state index contributed by atoms with van der Waals surface area (Å²) in [6.45, 7) is 12.9. The van der Waals surface area contributed by atoms with Gasteiger partial charge in [0.15, 0.2) is 0 Å². The number of thiazole rings is 1. The summed E-state index contributed by atoms with van der Waals surface area (Å²) in [5, 5.41) is 13.1. The molecule has 3 aromatic rings. The first-order valence-corrected chi connectivity index (χ1v) is 11.5. The summed E-state index contributed by atoms with van der Waals surface area (Å²) >= 11 is 1.28. The molecular weight excluding hydrogens is 420 g/mol. The van der Waals surface area contributed by atoms with Crippen LogP contribution in [0.3, 0.4) is 0 Å². The van der Waals surface area contributed by atoms with Gasteiger partial charge in [0.25, 0.3) is 5.19 Å². The molecule has 0 fully saturated rings. The lowest BCUT2D eigenvalue weighted by molar-refractivity contribution is 0.160. The van der Waals surface area contributed by atoms with Crippen molar-refractivity contribution in [3.05, 3.63) is 64.5 Å². The molecule has 0 unspecified atom stereocenters. The predicted octanol–water partition coefficient (Wildman–Crippen LogP) is 6.74. The molecule has 0 saturated carbocycles. The Kier molecular flexibility index (Phi) is 6.65. The summed E-state index contributed by atoms with van der Waals surface area (Å²) in [5.41, 5.74) is 3.92. The van der Waals surface area contributed by atoms with E-state index in [4.69, 9.17) is 4.74 Å². The molecule has 0 aliphatic carbocycles. The zero-order chi connectivity index (χ0) is 23.7. The van der Waals surface area contributed by atoms with Gasteiger partial charge in [0, 0.05) is 35.7 Å². The van der Waals surface area contributed by atoms with Crippen molar-refractivity contribution in [2.75, 3.05) is 7.05 Å². The molecule has 1 aromatic heterocycles. The van der Waals surface area contributed by atoms with E-state index in [9.17, 15) is 9.90 Å². The molecule has 1 N–H and O–H groups in total. The molecule has 0 saturated heterocycles. The Labute approximate surface area is 194 Å². The highest BCUT2D eigenvalue weighted by Gasteiger charge is 2.27. The zero-order valence-corrected chi connectivity index (χ0v) is 20.7. The second-order valence-corrected chi connectivity index (χ2v) is 10.9. The quantitative estimate of drug-likeness (QED) is 0.476. The molecule has 0 aliphatic heterocycles. The summed E-state index contributed by atoms with van der Waals surface area (Å²) in [7, 11) is 1.70. The minimum atomic E-state index is -0.453. The van der Waals surface area contributed by atoms with Crippen LogP contribution in [-0.2, 0) is 17.4 Å². The molecule has 0 spiro atoms. The molecule has 32 heavy (non-hydrogen) atoms. The first-order chi connectivity index (χ1) is 14.9. The molecule has 5 nitrogen and oxygen atoms in total. The molecule has 0 aliphatic rings. The Balaban J connectivity index is 1.85. The summed E-state index contributed by atoms with van der Waals surface area (Å²) in [5.74, 6) is 0.332. The van der Waals surface area contributed by atoms with Crippen LogP contribution in [0.15, 0.2) is 47.8 Å². The highest BCUT2D eigenvalue weighted by molar-refractivity contribution is 7.11. The predicted molar refractivity (Wildman–Crippen MR) is 131 cm³/mol. The van der Waals surface area contributed by atoms with E-state index >= 15 is 0 Å². The SMILES string of the molecule is CN(Cc1ccccc1)C(=O)Oc1nc(-c2cc(C(C)(C)C)c(O)c(C(C)(C)C)c2)cs1. The Morgan fingerprint density at radius 1 is 1.03 bits per heavy atom. The molecule has 1 heterocycles. The fourth-order valence-corrected chi connectivity index (χ4v) is 4.11. The van der Waals surface area contributed by atoms with E-state index in [2.05, 4.69) is 46.5 Å². The van der Waals surface area contributed by atoms with E-state index in [1.807, 2.05) is 47.8 Å². The van der Waals surface area contributed by atoms with Gasteiger partial charge in [-0.05, 0) is 28.5 Å². The number of carbonyl (C=O) groups excluding carboxylic acids is 1. The normalized spacial score (nSPS) is 12.0. The number of hydrogen-bond donors (Lipinski definition) is 1. The Hall–Kier alpha value is -2.86. The number of ether oxygens (including phenoxy) is 1. The Bertz CT molecular complexity index is 1060. The van der Waals surface area contributed by atoms with Crippen molar-refractivity contribution in [1.29, 1.82) is 0 Å². The highest BCUT2D eigenvalue weighted by atomic mass is 32.1. The largest absolute Gasteiger partial charge is 0.507 e. The van der Waals surface area contributed by atoms with E-state index in [1.54, 1.807) is 7.05 Å².